The molecule has 26 heavy (non-hydrogen) atoms. The number of aromatic nitrogens is 1. The fourth-order valence-corrected chi connectivity index (χ4v) is 2.92. The van der Waals surface area contributed by atoms with Crippen LogP contribution in [0.3, 0.4) is 0 Å². The first-order chi connectivity index (χ1) is 12.7. The highest BCUT2D eigenvalue weighted by atomic mass is 16.5. The number of azide groups is 1. The van der Waals surface area contributed by atoms with E-state index < -0.39 is 0 Å². The number of rotatable bonds is 5. The van der Waals surface area contributed by atoms with Crippen LogP contribution in [-0.2, 0) is 4.74 Å². The lowest BCUT2D eigenvalue weighted by Crippen LogP contribution is -2.06. The Hall–Kier alpha value is -3.50. The topological polar surface area (TPSA) is 80.0 Å². The van der Waals surface area contributed by atoms with E-state index in [0.717, 1.165) is 22.6 Å². The minimum absolute atomic E-state index is 0.316. The summed E-state index contributed by atoms with van der Waals surface area (Å²) in [5.74, 6) is -0.355. The van der Waals surface area contributed by atoms with Crippen LogP contribution in [0.25, 0.3) is 27.4 Å². The van der Waals surface area contributed by atoms with Crippen LogP contribution < -0.4 is 0 Å². The molecular weight excluding hydrogens is 328 g/mol. The zero-order chi connectivity index (χ0) is 18.5. The van der Waals surface area contributed by atoms with Gasteiger partial charge in [-0.1, -0.05) is 41.5 Å². The molecule has 3 aromatic rings. The Morgan fingerprint density at radius 1 is 1.15 bits per heavy atom. The fraction of sp³-hybridized carbons (Fsp3) is 0.150. The molecule has 6 nitrogen and oxygen atoms in total. The summed E-state index contributed by atoms with van der Waals surface area (Å²) >= 11 is 0. The largest absolute Gasteiger partial charge is 0.462 e. The fourth-order valence-electron chi connectivity index (χ4n) is 2.92. The van der Waals surface area contributed by atoms with Crippen molar-refractivity contribution in [3.8, 4) is 16.9 Å². The summed E-state index contributed by atoms with van der Waals surface area (Å²) in [5.41, 5.74) is 13.1. The molecule has 0 radical (unpaired) electrons. The number of carbonyl (C=O) groups excluding carboxylic acids is 1. The second kappa shape index (κ2) is 7.59. The number of carbonyl (C=O) groups is 1. The van der Waals surface area contributed by atoms with Gasteiger partial charge in [0.25, 0.3) is 0 Å². The van der Waals surface area contributed by atoms with Crippen molar-refractivity contribution in [1.82, 2.24) is 4.57 Å². The summed E-state index contributed by atoms with van der Waals surface area (Å²) in [5, 5.41) is 3.67. The number of para-hydroxylation sites is 1. The van der Waals surface area contributed by atoms with Gasteiger partial charge in [0, 0.05) is 22.0 Å². The van der Waals surface area contributed by atoms with E-state index in [1.165, 1.54) is 0 Å². The van der Waals surface area contributed by atoms with Crippen molar-refractivity contribution in [1.29, 1.82) is 0 Å². The van der Waals surface area contributed by atoms with E-state index in [0.29, 0.717) is 17.9 Å². The van der Waals surface area contributed by atoms with Crippen LogP contribution >= 0.6 is 0 Å². The molecule has 0 amide bonds. The van der Waals surface area contributed by atoms with Gasteiger partial charge < -0.3 is 9.30 Å². The van der Waals surface area contributed by atoms with Crippen molar-refractivity contribution in [2.24, 2.45) is 5.11 Å². The van der Waals surface area contributed by atoms with Gasteiger partial charge in [0.15, 0.2) is 0 Å². The molecule has 0 saturated carbocycles. The zero-order valence-corrected chi connectivity index (χ0v) is 14.6. The first-order valence-electron chi connectivity index (χ1n) is 8.26. The van der Waals surface area contributed by atoms with Crippen molar-refractivity contribution in [2.45, 2.75) is 13.8 Å². The molecule has 130 valence electrons. The van der Waals surface area contributed by atoms with Crippen LogP contribution in [0.15, 0.2) is 65.8 Å². The summed E-state index contributed by atoms with van der Waals surface area (Å²) in [7, 11) is 0. The molecule has 0 bridgehead atoms. The smallest absolute Gasteiger partial charge is 0.339 e. The van der Waals surface area contributed by atoms with Crippen molar-refractivity contribution in [2.75, 3.05) is 6.61 Å². The second-order valence-electron chi connectivity index (χ2n) is 5.66. The monoisotopic (exact) mass is 346 g/mol. The molecule has 0 N–H and O–H groups in total. The predicted octanol–water partition coefficient (Wildman–Crippen LogP) is 5.57. The minimum Gasteiger partial charge on any atom is -0.462 e. The van der Waals surface area contributed by atoms with E-state index in [9.17, 15) is 4.79 Å². The maximum atomic E-state index is 12.4. The molecule has 0 fully saturated rings. The third-order valence-corrected chi connectivity index (χ3v) is 4.06. The van der Waals surface area contributed by atoms with E-state index in [-0.39, 0.29) is 5.97 Å². The lowest BCUT2D eigenvalue weighted by Gasteiger charge is -2.12. The first kappa shape index (κ1) is 17.3. The molecule has 2 aromatic carbocycles. The van der Waals surface area contributed by atoms with Crippen LogP contribution in [0.4, 0.5) is 5.69 Å². The van der Waals surface area contributed by atoms with E-state index in [2.05, 4.69) is 10.0 Å². The second-order valence-corrected chi connectivity index (χ2v) is 5.66. The molecule has 1 aromatic heterocycles. The van der Waals surface area contributed by atoms with E-state index >= 15 is 0 Å². The Morgan fingerprint density at radius 3 is 2.62 bits per heavy atom. The quantitative estimate of drug-likeness (QED) is 0.262. The standard InChI is InChI=1S/C20H18N4O2/c1-3-26-20(25)18-13-19(15-8-7-9-16(12-15)22-23-21)24(14(18)2)17-10-5-4-6-11-17/h4-13H,3H2,1-2H3. The average molecular weight is 346 g/mol. The number of benzene rings is 2. The number of hydrogen-bond acceptors (Lipinski definition) is 3. The van der Waals surface area contributed by atoms with Gasteiger partial charge in [-0.05, 0) is 49.2 Å². The summed E-state index contributed by atoms with van der Waals surface area (Å²) in [6.45, 7) is 3.99. The van der Waals surface area contributed by atoms with E-state index in [1.54, 1.807) is 19.1 Å². The highest BCUT2D eigenvalue weighted by Gasteiger charge is 2.20. The van der Waals surface area contributed by atoms with Gasteiger partial charge in [0.2, 0.25) is 0 Å². The summed E-state index contributed by atoms with van der Waals surface area (Å²) in [6.07, 6.45) is 0. The van der Waals surface area contributed by atoms with Crippen LogP contribution in [0.1, 0.15) is 23.0 Å². The number of hydrogen-bond donors (Lipinski definition) is 0. The Kier molecular flexibility index (Phi) is 5.06. The summed E-state index contributed by atoms with van der Waals surface area (Å²) in [6, 6.07) is 18.9. The molecule has 0 atom stereocenters. The van der Waals surface area contributed by atoms with Gasteiger partial charge in [-0.25, -0.2) is 4.79 Å². The minimum atomic E-state index is -0.355. The zero-order valence-electron chi connectivity index (χ0n) is 14.6. The molecule has 0 saturated heterocycles. The normalized spacial score (nSPS) is 10.2. The van der Waals surface area contributed by atoms with Gasteiger partial charge in [0.05, 0.1) is 17.9 Å². The number of nitrogens with zero attached hydrogens (tertiary/aromatic N) is 4. The third kappa shape index (κ3) is 3.31. The van der Waals surface area contributed by atoms with Crippen LogP contribution in [0.2, 0.25) is 0 Å². The highest BCUT2D eigenvalue weighted by molar-refractivity contribution is 5.93. The van der Waals surface area contributed by atoms with Crippen LogP contribution in [-0.4, -0.2) is 17.1 Å². The van der Waals surface area contributed by atoms with Crippen LogP contribution in [0.5, 0.6) is 0 Å². The Bertz CT molecular complexity index is 986. The molecule has 0 aliphatic carbocycles. The lowest BCUT2D eigenvalue weighted by atomic mass is 10.1. The average Bonchev–Trinajstić information content (AvgIpc) is 3.00. The molecule has 1 heterocycles. The SMILES string of the molecule is CCOC(=O)c1cc(-c2cccc(N=[N+]=[N-])c2)n(-c2ccccc2)c1C. The Morgan fingerprint density at radius 2 is 1.92 bits per heavy atom. The van der Waals surface area contributed by atoms with Gasteiger partial charge >= 0.3 is 5.97 Å². The van der Waals surface area contributed by atoms with Gasteiger partial charge in [0.1, 0.15) is 0 Å². The Balaban J connectivity index is 2.23. The summed E-state index contributed by atoms with van der Waals surface area (Å²) < 4.78 is 7.19. The third-order valence-electron chi connectivity index (χ3n) is 4.06. The van der Waals surface area contributed by atoms with E-state index in [1.807, 2.05) is 60.0 Å². The maximum absolute atomic E-state index is 12.4. The molecule has 0 unspecified atom stereocenters. The van der Waals surface area contributed by atoms with Crippen molar-refractivity contribution in [3.05, 3.63) is 82.4 Å². The van der Waals surface area contributed by atoms with Gasteiger partial charge in [-0.15, -0.1) is 0 Å². The number of ether oxygens (including phenoxy) is 1. The predicted molar refractivity (Wildman–Crippen MR) is 101 cm³/mol. The van der Waals surface area contributed by atoms with Crippen molar-refractivity contribution in [3.63, 3.8) is 0 Å². The molecule has 0 aliphatic heterocycles. The lowest BCUT2D eigenvalue weighted by molar-refractivity contribution is 0.0525. The van der Waals surface area contributed by atoms with Crippen molar-refractivity contribution >= 4 is 11.7 Å². The molecule has 3 rings (SSSR count). The van der Waals surface area contributed by atoms with Crippen LogP contribution in [0, 0.1) is 6.92 Å². The Labute approximate surface area is 151 Å². The van der Waals surface area contributed by atoms with Crippen molar-refractivity contribution < 1.29 is 9.53 Å². The first-order valence-corrected chi connectivity index (χ1v) is 8.26. The molecule has 0 aliphatic rings. The molecule has 6 heteroatoms. The van der Waals surface area contributed by atoms with E-state index in [4.69, 9.17) is 10.3 Å². The molecule has 0 spiro atoms. The van der Waals surface area contributed by atoms with Gasteiger partial charge in [-0.2, -0.15) is 0 Å². The summed E-state index contributed by atoms with van der Waals surface area (Å²) in [4.78, 5) is 15.2. The highest BCUT2D eigenvalue weighted by Crippen LogP contribution is 2.31. The maximum Gasteiger partial charge on any atom is 0.339 e. The molecular formula is C20H18N4O2. The number of esters is 1. The van der Waals surface area contributed by atoms with Gasteiger partial charge in [-0.3, -0.25) is 0 Å².